The van der Waals surface area contributed by atoms with Crippen molar-refractivity contribution in [1.29, 1.82) is 0 Å². The van der Waals surface area contributed by atoms with Gasteiger partial charge in [0.05, 0.1) is 26.0 Å². The Hall–Kier alpha value is -0.190. The number of rotatable bonds is 7. The number of carbonyl (C=O) groups is 1. The van der Waals surface area contributed by atoms with Crippen molar-refractivity contribution >= 4 is 52.4 Å². The van der Waals surface area contributed by atoms with Crippen LogP contribution in [0.4, 0.5) is 0 Å². The van der Waals surface area contributed by atoms with Gasteiger partial charge in [-0.25, -0.2) is 0 Å². The van der Waals surface area contributed by atoms with Crippen LogP contribution >= 0.6 is 46.4 Å². The molecule has 118 valence electrons. The third kappa shape index (κ3) is 4.90. The highest BCUT2D eigenvalue weighted by Gasteiger charge is 2.23. The van der Waals surface area contributed by atoms with Crippen molar-refractivity contribution < 1.29 is 9.90 Å². The molecule has 2 atom stereocenters. The summed E-state index contributed by atoms with van der Waals surface area (Å²) in [6.45, 7) is 2.08. The number of carboxylic acids is 1. The van der Waals surface area contributed by atoms with Crippen LogP contribution < -0.4 is 5.73 Å². The van der Waals surface area contributed by atoms with Crippen LogP contribution in [0.2, 0.25) is 20.1 Å². The van der Waals surface area contributed by atoms with E-state index in [-0.39, 0.29) is 12.5 Å². The minimum Gasteiger partial charge on any atom is -0.481 e. The number of aliphatic carboxylic acids is 1. The van der Waals surface area contributed by atoms with Gasteiger partial charge >= 0.3 is 5.97 Å². The molecule has 0 saturated carbocycles. The summed E-state index contributed by atoms with van der Waals surface area (Å²) in [5.74, 6) is -1.39. The highest BCUT2D eigenvalue weighted by atomic mass is 35.5. The standard InChI is InChI=1S/C14H17Cl4NO2/c1-2-7(3-8(6-19)14(20)21)4-9-12(17)10(15)5-11(16)13(9)18/h5,7-8H,2-4,6,19H2,1H3,(H,20,21). The first-order valence-electron chi connectivity index (χ1n) is 6.56. The molecular weight excluding hydrogens is 356 g/mol. The zero-order valence-corrected chi connectivity index (χ0v) is 14.5. The van der Waals surface area contributed by atoms with E-state index in [4.69, 9.17) is 57.2 Å². The molecule has 0 saturated heterocycles. The Morgan fingerprint density at radius 3 is 2.14 bits per heavy atom. The Labute approximate surface area is 144 Å². The van der Waals surface area contributed by atoms with Gasteiger partial charge in [-0.15, -0.1) is 0 Å². The Morgan fingerprint density at radius 2 is 1.76 bits per heavy atom. The van der Waals surface area contributed by atoms with E-state index in [1.807, 2.05) is 6.92 Å². The fourth-order valence-corrected chi connectivity index (χ4v) is 3.19. The molecule has 21 heavy (non-hydrogen) atoms. The lowest BCUT2D eigenvalue weighted by atomic mass is 9.87. The molecule has 0 aliphatic heterocycles. The van der Waals surface area contributed by atoms with Gasteiger partial charge in [-0.1, -0.05) is 59.7 Å². The second-order valence-corrected chi connectivity index (χ2v) is 6.50. The molecule has 3 N–H and O–H groups in total. The average Bonchev–Trinajstić information content (AvgIpc) is 2.44. The number of carboxylic acid groups (broad SMARTS) is 1. The molecule has 2 unspecified atom stereocenters. The Morgan fingerprint density at radius 1 is 1.24 bits per heavy atom. The summed E-state index contributed by atoms with van der Waals surface area (Å²) in [6, 6.07) is 1.50. The lowest BCUT2D eigenvalue weighted by Gasteiger charge is -2.20. The molecule has 0 bridgehead atoms. The second-order valence-electron chi connectivity index (χ2n) is 4.93. The van der Waals surface area contributed by atoms with E-state index >= 15 is 0 Å². The molecule has 1 rings (SSSR count). The van der Waals surface area contributed by atoms with Gasteiger partial charge in [-0.3, -0.25) is 4.79 Å². The zero-order valence-electron chi connectivity index (χ0n) is 11.5. The summed E-state index contributed by atoms with van der Waals surface area (Å²) < 4.78 is 0. The maximum absolute atomic E-state index is 11.1. The predicted molar refractivity (Wildman–Crippen MR) is 88.8 cm³/mol. The summed E-state index contributed by atoms with van der Waals surface area (Å²) in [6.07, 6.45) is 1.75. The number of nitrogens with two attached hydrogens (primary N) is 1. The Bertz CT molecular complexity index is 496. The van der Waals surface area contributed by atoms with Gasteiger partial charge in [-0.2, -0.15) is 0 Å². The minimum atomic E-state index is -0.891. The fraction of sp³-hybridized carbons (Fsp3) is 0.500. The maximum Gasteiger partial charge on any atom is 0.307 e. The van der Waals surface area contributed by atoms with Crippen LogP contribution in [0.25, 0.3) is 0 Å². The van der Waals surface area contributed by atoms with Crippen molar-refractivity contribution in [3.05, 3.63) is 31.7 Å². The van der Waals surface area contributed by atoms with Gasteiger partial charge in [0, 0.05) is 6.54 Å². The molecule has 0 amide bonds. The quantitative estimate of drug-likeness (QED) is 0.667. The third-order valence-electron chi connectivity index (χ3n) is 3.52. The number of hydrogen-bond donors (Lipinski definition) is 2. The molecule has 0 radical (unpaired) electrons. The smallest absolute Gasteiger partial charge is 0.307 e. The van der Waals surface area contributed by atoms with Crippen molar-refractivity contribution in [1.82, 2.24) is 0 Å². The lowest BCUT2D eigenvalue weighted by Crippen LogP contribution is -2.26. The highest BCUT2D eigenvalue weighted by molar-refractivity contribution is 6.48. The summed E-state index contributed by atoms with van der Waals surface area (Å²) in [5, 5.41) is 10.5. The highest BCUT2D eigenvalue weighted by Crippen LogP contribution is 2.39. The molecule has 3 nitrogen and oxygen atoms in total. The van der Waals surface area contributed by atoms with Gasteiger partial charge in [0.15, 0.2) is 0 Å². The van der Waals surface area contributed by atoms with E-state index in [0.717, 1.165) is 6.42 Å². The third-order valence-corrected chi connectivity index (χ3v) is 5.18. The summed E-state index contributed by atoms with van der Waals surface area (Å²) in [4.78, 5) is 11.1. The minimum absolute atomic E-state index is 0.0826. The topological polar surface area (TPSA) is 63.3 Å². The molecule has 7 heteroatoms. The Kier molecular flexibility index (Phi) is 7.58. The van der Waals surface area contributed by atoms with Crippen molar-refractivity contribution in [3.63, 3.8) is 0 Å². The van der Waals surface area contributed by atoms with E-state index in [0.29, 0.717) is 38.5 Å². The van der Waals surface area contributed by atoms with Crippen molar-refractivity contribution in [2.24, 2.45) is 17.6 Å². The second kappa shape index (κ2) is 8.44. The van der Waals surface area contributed by atoms with E-state index in [9.17, 15) is 4.79 Å². The number of halogens is 4. The average molecular weight is 373 g/mol. The van der Waals surface area contributed by atoms with Crippen molar-refractivity contribution in [2.45, 2.75) is 26.2 Å². The molecular formula is C14H17Cl4NO2. The monoisotopic (exact) mass is 371 g/mol. The van der Waals surface area contributed by atoms with Crippen LogP contribution in [-0.4, -0.2) is 17.6 Å². The largest absolute Gasteiger partial charge is 0.481 e. The van der Waals surface area contributed by atoms with Gasteiger partial charge < -0.3 is 10.8 Å². The van der Waals surface area contributed by atoms with Crippen LogP contribution in [-0.2, 0) is 11.2 Å². The molecule has 0 aliphatic carbocycles. The number of hydrogen-bond acceptors (Lipinski definition) is 2. The first kappa shape index (κ1) is 18.9. The van der Waals surface area contributed by atoms with Crippen molar-refractivity contribution in [2.75, 3.05) is 6.54 Å². The molecule has 0 heterocycles. The van der Waals surface area contributed by atoms with E-state index in [2.05, 4.69) is 0 Å². The number of benzene rings is 1. The Balaban J connectivity index is 2.99. The zero-order chi connectivity index (χ0) is 16.2. The lowest BCUT2D eigenvalue weighted by molar-refractivity contribution is -0.142. The fourth-order valence-electron chi connectivity index (χ4n) is 2.19. The predicted octanol–water partition coefficient (Wildman–Crippen LogP) is 4.92. The maximum atomic E-state index is 11.1. The summed E-state index contributed by atoms with van der Waals surface area (Å²) in [5.41, 5.74) is 6.16. The molecule has 1 aromatic carbocycles. The summed E-state index contributed by atoms with van der Waals surface area (Å²) in [7, 11) is 0. The molecule has 1 aromatic rings. The molecule has 0 fully saturated rings. The normalized spacial score (nSPS) is 14.0. The molecule has 0 aromatic heterocycles. The molecule has 0 aliphatic rings. The van der Waals surface area contributed by atoms with Crippen LogP contribution in [0.3, 0.4) is 0 Å². The van der Waals surface area contributed by atoms with E-state index < -0.39 is 11.9 Å². The molecule has 0 spiro atoms. The van der Waals surface area contributed by atoms with Gasteiger partial charge in [-0.05, 0) is 30.4 Å². The van der Waals surface area contributed by atoms with Crippen molar-refractivity contribution in [3.8, 4) is 0 Å². The van der Waals surface area contributed by atoms with E-state index in [1.165, 1.54) is 6.07 Å². The van der Waals surface area contributed by atoms with Crippen LogP contribution in [0, 0.1) is 11.8 Å². The van der Waals surface area contributed by atoms with E-state index in [1.54, 1.807) is 0 Å². The van der Waals surface area contributed by atoms with Crippen LogP contribution in [0.1, 0.15) is 25.3 Å². The van der Waals surface area contributed by atoms with Gasteiger partial charge in [0.2, 0.25) is 0 Å². The summed E-state index contributed by atoms with van der Waals surface area (Å²) >= 11 is 24.4. The van der Waals surface area contributed by atoms with Crippen LogP contribution in [0.15, 0.2) is 6.07 Å². The van der Waals surface area contributed by atoms with Gasteiger partial charge in [0.25, 0.3) is 0 Å². The first-order chi connectivity index (χ1) is 9.81. The SMILES string of the molecule is CCC(Cc1c(Cl)c(Cl)cc(Cl)c1Cl)CC(CN)C(=O)O. The van der Waals surface area contributed by atoms with Crippen LogP contribution in [0.5, 0.6) is 0 Å². The van der Waals surface area contributed by atoms with Gasteiger partial charge in [0.1, 0.15) is 0 Å². The first-order valence-corrected chi connectivity index (χ1v) is 8.07.